The Morgan fingerprint density at radius 3 is 2.78 bits per heavy atom. The van der Waals surface area contributed by atoms with Gasteiger partial charge in [0, 0.05) is 5.02 Å². The fraction of sp³-hybridized carbons (Fsp3) is 0.250. The molecule has 27 heavy (non-hydrogen) atoms. The molecule has 0 fully saturated rings. The molecule has 0 unspecified atom stereocenters. The van der Waals surface area contributed by atoms with Crippen molar-refractivity contribution in [1.29, 1.82) is 0 Å². The normalized spacial score (nSPS) is 12.0. The summed E-state index contributed by atoms with van der Waals surface area (Å²) in [5.74, 6) is 0.209. The van der Waals surface area contributed by atoms with Crippen molar-refractivity contribution < 1.29 is 4.79 Å². The van der Waals surface area contributed by atoms with Crippen molar-refractivity contribution in [3.8, 4) is 5.69 Å². The van der Waals surface area contributed by atoms with Gasteiger partial charge < -0.3 is 5.32 Å². The molecular weight excluding hydrogens is 380 g/mol. The van der Waals surface area contributed by atoms with Gasteiger partial charge in [0.2, 0.25) is 5.91 Å². The van der Waals surface area contributed by atoms with E-state index in [1.807, 2.05) is 35.8 Å². The molecule has 1 heterocycles. The number of rotatable bonds is 6. The fourth-order valence-electron chi connectivity index (χ4n) is 2.66. The topological polar surface area (TPSA) is 59.8 Å². The molecule has 0 saturated heterocycles. The molecule has 5 nitrogen and oxygen atoms in total. The molecule has 7 heteroatoms. The molecule has 2 aromatic carbocycles. The Kier molecular flexibility index (Phi) is 6.19. The number of aryl methyl sites for hydroxylation is 2. The summed E-state index contributed by atoms with van der Waals surface area (Å²) in [4.78, 5) is 12.4. The Morgan fingerprint density at radius 1 is 1.22 bits per heavy atom. The van der Waals surface area contributed by atoms with Gasteiger partial charge in [0.1, 0.15) is 6.33 Å². The summed E-state index contributed by atoms with van der Waals surface area (Å²) in [6, 6.07) is 13.6. The number of nitrogens with one attached hydrogen (secondary N) is 1. The molecular formula is C20H21ClN4OS. The van der Waals surface area contributed by atoms with Crippen LogP contribution in [0.25, 0.3) is 5.69 Å². The molecule has 0 aliphatic rings. The van der Waals surface area contributed by atoms with Crippen LogP contribution in [0.3, 0.4) is 0 Å². The highest BCUT2D eigenvalue weighted by atomic mass is 35.5. The molecule has 1 aromatic heterocycles. The minimum absolute atomic E-state index is 0.0497. The fourth-order valence-corrected chi connectivity index (χ4v) is 3.58. The summed E-state index contributed by atoms with van der Waals surface area (Å²) >= 11 is 7.39. The van der Waals surface area contributed by atoms with E-state index in [2.05, 4.69) is 47.6 Å². The zero-order valence-electron chi connectivity index (χ0n) is 15.4. The number of nitrogens with zero attached hydrogens (tertiary/aromatic N) is 3. The van der Waals surface area contributed by atoms with Crippen molar-refractivity contribution in [2.24, 2.45) is 0 Å². The number of carbonyl (C=O) groups is 1. The molecule has 1 atom stereocenters. The van der Waals surface area contributed by atoms with Gasteiger partial charge in [-0.05, 0) is 55.7 Å². The number of hydrogen-bond donors (Lipinski definition) is 1. The molecule has 3 rings (SSSR count). The van der Waals surface area contributed by atoms with E-state index in [4.69, 9.17) is 11.6 Å². The lowest BCUT2D eigenvalue weighted by molar-refractivity contribution is -0.119. The molecule has 0 aliphatic heterocycles. The second-order valence-corrected chi connectivity index (χ2v) is 7.76. The smallest absolute Gasteiger partial charge is 0.230 e. The first-order valence-corrected chi connectivity index (χ1v) is 9.95. The predicted molar refractivity (Wildman–Crippen MR) is 110 cm³/mol. The number of amides is 1. The van der Waals surface area contributed by atoms with E-state index in [0.717, 1.165) is 11.3 Å². The van der Waals surface area contributed by atoms with Crippen LogP contribution < -0.4 is 5.32 Å². The van der Waals surface area contributed by atoms with Crippen molar-refractivity contribution in [1.82, 2.24) is 20.1 Å². The number of hydrogen-bond acceptors (Lipinski definition) is 4. The van der Waals surface area contributed by atoms with Crippen molar-refractivity contribution in [3.05, 3.63) is 70.5 Å². The van der Waals surface area contributed by atoms with Crippen LogP contribution in [0.2, 0.25) is 5.02 Å². The molecule has 0 aliphatic carbocycles. The lowest BCUT2D eigenvalue weighted by atomic mass is 10.0. The second-order valence-electron chi connectivity index (χ2n) is 6.38. The number of aromatic nitrogens is 3. The third-order valence-electron chi connectivity index (χ3n) is 4.34. The van der Waals surface area contributed by atoms with E-state index >= 15 is 0 Å². The van der Waals surface area contributed by atoms with E-state index in [1.54, 1.807) is 6.33 Å². The summed E-state index contributed by atoms with van der Waals surface area (Å²) < 4.78 is 1.82. The Hall–Kier alpha value is -2.31. The standard InChI is InChI=1S/C20H21ClN4OS/c1-13-7-8-16(9-14(13)2)15(3)23-19(26)11-27-20-24-22-12-25(20)18-6-4-5-17(21)10-18/h4-10,12,15H,11H2,1-3H3,(H,23,26)/t15-/m1/s1. The Morgan fingerprint density at radius 2 is 2.04 bits per heavy atom. The van der Waals surface area contributed by atoms with Gasteiger partial charge in [-0.15, -0.1) is 10.2 Å². The molecule has 0 radical (unpaired) electrons. The molecule has 0 saturated carbocycles. The number of benzene rings is 2. The van der Waals surface area contributed by atoms with E-state index < -0.39 is 0 Å². The first-order chi connectivity index (χ1) is 12.9. The molecule has 0 spiro atoms. The summed E-state index contributed by atoms with van der Waals surface area (Å²) in [5.41, 5.74) is 4.42. The van der Waals surface area contributed by atoms with Gasteiger partial charge in [-0.3, -0.25) is 9.36 Å². The highest BCUT2D eigenvalue weighted by Crippen LogP contribution is 2.22. The van der Waals surface area contributed by atoms with Crippen LogP contribution >= 0.6 is 23.4 Å². The van der Waals surface area contributed by atoms with Gasteiger partial charge in [0.05, 0.1) is 17.5 Å². The monoisotopic (exact) mass is 400 g/mol. The van der Waals surface area contributed by atoms with Crippen molar-refractivity contribution in [3.63, 3.8) is 0 Å². The quantitative estimate of drug-likeness (QED) is 0.618. The van der Waals surface area contributed by atoms with Crippen LogP contribution in [0.1, 0.15) is 29.7 Å². The Balaban J connectivity index is 1.61. The van der Waals surface area contributed by atoms with Crippen molar-refractivity contribution in [2.75, 3.05) is 5.75 Å². The predicted octanol–water partition coefficient (Wildman–Crippen LogP) is 4.51. The minimum Gasteiger partial charge on any atom is -0.349 e. The number of carbonyl (C=O) groups excluding carboxylic acids is 1. The van der Waals surface area contributed by atoms with Crippen molar-refractivity contribution in [2.45, 2.75) is 32.0 Å². The van der Waals surface area contributed by atoms with Gasteiger partial charge >= 0.3 is 0 Å². The molecule has 1 amide bonds. The van der Waals surface area contributed by atoms with Crippen LogP contribution in [0.15, 0.2) is 53.9 Å². The van der Waals surface area contributed by atoms with Crippen LogP contribution in [0.5, 0.6) is 0 Å². The van der Waals surface area contributed by atoms with Gasteiger partial charge in [0.25, 0.3) is 0 Å². The van der Waals surface area contributed by atoms with Crippen LogP contribution in [0.4, 0.5) is 0 Å². The molecule has 0 bridgehead atoms. The zero-order chi connectivity index (χ0) is 19.4. The van der Waals surface area contributed by atoms with Crippen molar-refractivity contribution >= 4 is 29.3 Å². The van der Waals surface area contributed by atoms with Gasteiger partial charge in [-0.1, -0.05) is 47.6 Å². The average Bonchev–Trinajstić information content (AvgIpc) is 3.11. The van der Waals surface area contributed by atoms with E-state index in [9.17, 15) is 4.79 Å². The summed E-state index contributed by atoms with van der Waals surface area (Å²) in [5, 5.41) is 12.4. The maximum Gasteiger partial charge on any atom is 0.230 e. The second kappa shape index (κ2) is 8.59. The maximum atomic E-state index is 12.4. The summed E-state index contributed by atoms with van der Waals surface area (Å²) in [6.07, 6.45) is 1.61. The SMILES string of the molecule is Cc1ccc([C@@H](C)NC(=O)CSc2nncn2-c2cccc(Cl)c2)cc1C. The lowest BCUT2D eigenvalue weighted by Gasteiger charge is -2.15. The highest BCUT2D eigenvalue weighted by molar-refractivity contribution is 7.99. The van der Waals surface area contributed by atoms with E-state index in [1.165, 1.54) is 22.9 Å². The summed E-state index contributed by atoms with van der Waals surface area (Å²) in [6.45, 7) is 6.14. The van der Waals surface area contributed by atoms with Gasteiger partial charge in [-0.2, -0.15) is 0 Å². The Bertz CT molecular complexity index is 957. The first-order valence-electron chi connectivity index (χ1n) is 8.59. The van der Waals surface area contributed by atoms with Crippen LogP contribution in [-0.4, -0.2) is 26.4 Å². The van der Waals surface area contributed by atoms with Crippen LogP contribution in [-0.2, 0) is 4.79 Å². The van der Waals surface area contributed by atoms with Crippen LogP contribution in [0, 0.1) is 13.8 Å². The number of thioether (sulfide) groups is 1. The zero-order valence-corrected chi connectivity index (χ0v) is 17.0. The third kappa shape index (κ3) is 4.90. The third-order valence-corrected chi connectivity index (χ3v) is 5.52. The van der Waals surface area contributed by atoms with E-state index in [0.29, 0.717) is 10.2 Å². The maximum absolute atomic E-state index is 12.4. The summed E-state index contributed by atoms with van der Waals surface area (Å²) in [7, 11) is 0. The molecule has 140 valence electrons. The largest absolute Gasteiger partial charge is 0.349 e. The number of halogens is 1. The first kappa shape index (κ1) is 19.5. The highest BCUT2D eigenvalue weighted by Gasteiger charge is 2.13. The Labute approximate surface area is 168 Å². The molecule has 1 N–H and O–H groups in total. The molecule has 3 aromatic rings. The van der Waals surface area contributed by atoms with E-state index in [-0.39, 0.29) is 17.7 Å². The average molecular weight is 401 g/mol. The minimum atomic E-state index is -0.0526. The van der Waals surface area contributed by atoms with Gasteiger partial charge in [0.15, 0.2) is 5.16 Å². The van der Waals surface area contributed by atoms with Gasteiger partial charge in [-0.25, -0.2) is 0 Å². The lowest BCUT2D eigenvalue weighted by Crippen LogP contribution is -2.28.